The summed E-state index contributed by atoms with van der Waals surface area (Å²) in [5.41, 5.74) is 0.314. The first kappa shape index (κ1) is 20.7. The van der Waals surface area contributed by atoms with Crippen molar-refractivity contribution in [2.75, 3.05) is 27.9 Å². The second-order valence-corrected chi connectivity index (χ2v) is 6.60. The summed E-state index contributed by atoms with van der Waals surface area (Å²) < 4.78 is 15.1. The molecule has 2 amide bonds. The van der Waals surface area contributed by atoms with Crippen molar-refractivity contribution in [3.8, 4) is 17.2 Å². The molecule has 8 nitrogen and oxygen atoms in total. The molecule has 1 saturated heterocycles. The van der Waals surface area contributed by atoms with Crippen LogP contribution in [0.1, 0.15) is 43.0 Å². The van der Waals surface area contributed by atoms with Crippen molar-refractivity contribution in [1.82, 2.24) is 0 Å². The molecule has 1 aromatic carbocycles. The fourth-order valence-corrected chi connectivity index (χ4v) is 3.64. The van der Waals surface area contributed by atoms with E-state index < -0.39 is 16.5 Å². The number of likely N-dealkylation sites (tertiary alicyclic amines) is 1. The van der Waals surface area contributed by atoms with Crippen molar-refractivity contribution >= 4 is 17.8 Å². The number of carbonyl (C=O) groups is 3. The lowest BCUT2D eigenvalue weighted by atomic mass is 10.0. The van der Waals surface area contributed by atoms with E-state index in [2.05, 4.69) is 0 Å². The van der Waals surface area contributed by atoms with E-state index in [0.29, 0.717) is 35.7 Å². The smallest absolute Gasteiger partial charge is 0.493 e. The predicted octanol–water partition coefficient (Wildman–Crippen LogP) is 2.88. The number of quaternary nitrogens is 1. The van der Waals surface area contributed by atoms with Crippen molar-refractivity contribution in [3.05, 3.63) is 17.7 Å². The zero-order valence-corrected chi connectivity index (χ0v) is 16.1. The van der Waals surface area contributed by atoms with Gasteiger partial charge in [0, 0.05) is 24.8 Å². The van der Waals surface area contributed by atoms with E-state index in [-0.39, 0.29) is 31.2 Å². The normalized spacial score (nSPS) is 21.6. The number of hydrogen-bond acceptors (Lipinski definition) is 6. The van der Waals surface area contributed by atoms with Crippen LogP contribution in [-0.2, 0) is 4.79 Å². The molecule has 1 aromatic rings. The highest BCUT2D eigenvalue weighted by Gasteiger charge is 2.52. The van der Waals surface area contributed by atoms with Crippen molar-refractivity contribution in [3.63, 3.8) is 0 Å². The highest BCUT2D eigenvalue weighted by Crippen LogP contribution is 2.38. The summed E-state index contributed by atoms with van der Waals surface area (Å²) in [5, 5.41) is 9.60. The van der Waals surface area contributed by atoms with E-state index in [4.69, 9.17) is 14.2 Å². The first-order valence-electron chi connectivity index (χ1n) is 8.79. The predicted molar refractivity (Wildman–Crippen MR) is 96.5 cm³/mol. The van der Waals surface area contributed by atoms with Gasteiger partial charge in [-0.1, -0.05) is 0 Å². The second-order valence-electron chi connectivity index (χ2n) is 6.60. The van der Waals surface area contributed by atoms with Gasteiger partial charge < -0.3 is 19.3 Å². The molecule has 2 atom stereocenters. The molecule has 1 aliphatic rings. The first-order chi connectivity index (χ1) is 12.8. The lowest BCUT2D eigenvalue weighted by molar-refractivity contribution is -0.792. The van der Waals surface area contributed by atoms with Gasteiger partial charge in [0.2, 0.25) is 5.75 Å². The zero-order valence-electron chi connectivity index (χ0n) is 16.1. The standard InChI is InChI=1S/C19H25NO7/c1-12-6-5-9-20(12,19(23)24)17(22)8-7-14(21)13-10-15(25-2)18(27-4)16(11-13)26-3/h10-12H,5-9H2,1-4H3/p+1/t12-,20?/m1/s1. The minimum Gasteiger partial charge on any atom is -0.493 e. The number of carbonyl (C=O) groups excluding carboxylic acids is 2. The zero-order chi connectivity index (χ0) is 20.2. The third kappa shape index (κ3) is 3.75. The SMILES string of the molecule is COc1cc(C(=O)CCC(=O)[N+]2(C(=O)O)CCC[C@H]2C)cc(OC)c1OC. The van der Waals surface area contributed by atoms with Crippen LogP contribution in [0, 0.1) is 0 Å². The molecule has 0 radical (unpaired) electrons. The van der Waals surface area contributed by atoms with Gasteiger partial charge in [0.15, 0.2) is 17.3 Å². The van der Waals surface area contributed by atoms with Crippen LogP contribution in [0.2, 0.25) is 0 Å². The first-order valence-corrected chi connectivity index (χ1v) is 8.79. The van der Waals surface area contributed by atoms with Crippen LogP contribution < -0.4 is 14.2 Å². The van der Waals surface area contributed by atoms with Gasteiger partial charge in [-0.3, -0.25) is 4.79 Å². The Morgan fingerprint density at radius 1 is 1.07 bits per heavy atom. The molecule has 2 rings (SSSR count). The van der Waals surface area contributed by atoms with E-state index >= 15 is 0 Å². The number of methoxy groups -OCH3 is 3. The highest BCUT2D eigenvalue weighted by molar-refractivity contribution is 5.99. The van der Waals surface area contributed by atoms with Crippen LogP contribution in [0.15, 0.2) is 12.1 Å². The summed E-state index contributed by atoms with van der Waals surface area (Å²) in [4.78, 5) is 37.0. The van der Waals surface area contributed by atoms with Gasteiger partial charge in [-0.15, -0.1) is 0 Å². The Morgan fingerprint density at radius 3 is 2.07 bits per heavy atom. The average Bonchev–Trinajstić information content (AvgIpc) is 3.06. The van der Waals surface area contributed by atoms with E-state index in [0.717, 1.165) is 0 Å². The Hall–Kier alpha value is -2.61. The number of Topliss-reactive ketones (excluding diaryl/α,β-unsaturated/α-hetero) is 1. The molecule has 27 heavy (non-hydrogen) atoms. The largest absolute Gasteiger partial charge is 0.521 e. The summed E-state index contributed by atoms with van der Waals surface area (Å²) in [7, 11) is 4.36. The van der Waals surface area contributed by atoms with Crippen molar-refractivity contribution in [1.29, 1.82) is 0 Å². The third-order valence-corrected chi connectivity index (χ3v) is 5.22. The summed E-state index contributed by atoms with van der Waals surface area (Å²) in [6, 6.07) is 2.76. The number of benzene rings is 1. The fraction of sp³-hybridized carbons (Fsp3) is 0.526. The van der Waals surface area contributed by atoms with Gasteiger partial charge in [-0.05, 0) is 19.1 Å². The van der Waals surface area contributed by atoms with Crippen LogP contribution in [0.3, 0.4) is 0 Å². The molecule has 1 unspecified atom stereocenters. The molecular formula is C19H26NO7+. The lowest BCUT2D eigenvalue weighted by Gasteiger charge is -2.29. The number of imide groups is 1. The van der Waals surface area contributed by atoms with Crippen molar-refractivity contribution in [2.45, 2.75) is 38.6 Å². The number of hydrogen-bond donors (Lipinski definition) is 1. The minimum absolute atomic E-state index is 0.0858. The number of rotatable bonds is 7. The van der Waals surface area contributed by atoms with E-state index in [1.54, 1.807) is 6.92 Å². The van der Waals surface area contributed by atoms with Crippen LogP contribution in [0.4, 0.5) is 4.79 Å². The molecule has 0 aromatic heterocycles. The molecule has 1 aliphatic heterocycles. The molecule has 1 N–H and O–H groups in total. The van der Waals surface area contributed by atoms with E-state index in [9.17, 15) is 19.5 Å². The summed E-state index contributed by atoms with van der Waals surface area (Å²) in [6.45, 7) is 2.04. The number of carboxylic acid groups (broad SMARTS) is 1. The quantitative estimate of drug-likeness (QED) is 0.573. The molecular weight excluding hydrogens is 354 g/mol. The Labute approximate surface area is 158 Å². The Kier molecular flexibility index (Phi) is 6.43. The number of nitrogens with zero attached hydrogens (tertiary/aromatic N) is 1. The molecule has 1 fully saturated rings. The minimum atomic E-state index is -1.15. The monoisotopic (exact) mass is 380 g/mol. The molecule has 1 heterocycles. The van der Waals surface area contributed by atoms with Crippen molar-refractivity contribution < 1.29 is 38.2 Å². The highest BCUT2D eigenvalue weighted by atomic mass is 16.5. The molecule has 0 bridgehead atoms. The van der Waals surface area contributed by atoms with Gasteiger partial charge in [0.1, 0.15) is 6.04 Å². The Balaban J connectivity index is 2.18. The Bertz CT molecular complexity index is 721. The summed E-state index contributed by atoms with van der Waals surface area (Å²) in [5.74, 6) is 0.322. The summed E-state index contributed by atoms with van der Waals surface area (Å²) in [6.07, 6.45) is -0.00656. The van der Waals surface area contributed by atoms with Gasteiger partial charge in [0.05, 0.1) is 34.3 Å². The lowest BCUT2D eigenvalue weighted by Crippen LogP contribution is -2.58. The van der Waals surface area contributed by atoms with E-state index in [1.165, 1.54) is 33.5 Å². The van der Waals surface area contributed by atoms with Gasteiger partial charge in [-0.25, -0.2) is 4.79 Å². The maximum atomic E-state index is 12.7. The Morgan fingerprint density at radius 2 is 1.67 bits per heavy atom. The molecule has 148 valence electrons. The average molecular weight is 380 g/mol. The topological polar surface area (TPSA) is 99.1 Å². The van der Waals surface area contributed by atoms with E-state index in [1.807, 2.05) is 0 Å². The third-order valence-electron chi connectivity index (χ3n) is 5.22. The van der Waals surface area contributed by atoms with Gasteiger partial charge in [-0.2, -0.15) is 9.28 Å². The van der Waals surface area contributed by atoms with Gasteiger partial charge >= 0.3 is 12.0 Å². The van der Waals surface area contributed by atoms with Crippen LogP contribution in [0.25, 0.3) is 0 Å². The summed E-state index contributed by atoms with van der Waals surface area (Å²) >= 11 is 0. The molecule has 0 saturated carbocycles. The molecule has 8 heteroatoms. The van der Waals surface area contributed by atoms with Crippen LogP contribution >= 0.6 is 0 Å². The molecule has 0 aliphatic carbocycles. The maximum absolute atomic E-state index is 12.7. The second kappa shape index (κ2) is 8.39. The van der Waals surface area contributed by atoms with Crippen LogP contribution in [0.5, 0.6) is 17.2 Å². The number of amides is 2. The van der Waals surface area contributed by atoms with Crippen molar-refractivity contribution in [2.24, 2.45) is 0 Å². The van der Waals surface area contributed by atoms with Gasteiger partial charge in [0.25, 0.3) is 0 Å². The van der Waals surface area contributed by atoms with Crippen LogP contribution in [-0.4, -0.2) is 61.3 Å². The number of ether oxygens (including phenoxy) is 3. The number of ketones is 1. The molecule has 0 spiro atoms. The fourth-order valence-electron chi connectivity index (χ4n) is 3.64. The maximum Gasteiger partial charge on any atom is 0.521 e.